The van der Waals surface area contributed by atoms with Gasteiger partial charge in [0.05, 0.1) is 6.54 Å². The molecule has 1 unspecified atom stereocenters. The molecule has 1 fully saturated rings. The lowest BCUT2D eigenvalue weighted by molar-refractivity contribution is 0.396. The first-order chi connectivity index (χ1) is 5.84. The van der Waals surface area contributed by atoms with Gasteiger partial charge in [-0.1, -0.05) is 18.8 Å². The maximum Gasteiger partial charge on any atom is 0.0578 e. The molecule has 0 amide bonds. The first kappa shape index (κ1) is 9.61. The molecule has 0 aromatic rings. The minimum absolute atomic E-state index is 0.661. The van der Waals surface area contributed by atoms with Crippen molar-refractivity contribution in [2.45, 2.75) is 45.6 Å². The summed E-state index contributed by atoms with van der Waals surface area (Å²) in [6.07, 6.45) is 5.67. The van der Waals surface area contributed by atoms with Crippen molar-refractivity contribution in [1.82, 2.24) is 5.32 Å². The molecule has 1 heteroatoms. The third-order valence-electron chi connectivity index (χ3n) is 2.80. The van der Waals surface area contributed by atoms with Crippen LogP contribution in [-0.2, 0) is 0 Å². The Balaban J connectivity index is 2.16. The summed E-state index contributed by atoms with van der Waals surface area (Å²) in [6, 6.07) is 0.661. The summed E-state index contributed by atoms with van der Waals surface area (Å²) in [7, 11) is 0. The van der Waals surface area contributed by atoms with Gasteiger partial charge in [0.2, 0.25) is 0 Å². The zero-order chi connectivity index (χ0) is 8.81. The highest BCUT2D eigenvalue weighted by atomic mass is 14.9. The average molecular weight is 165 g/mol. The number of hydrogen-bond acceptors (Lipinski definition) is 1. The predicted octanol–water partition coefficient (Wildman–Crippen LogP) is 2.18. The third-order valence-corrected chi connectivity index (χ3v) is 2.80. The second-order valence-electron chi connectivity index (χ2n) is 3.64. The Morgan fingerprint density at radius 3 is 2.67 bits per heavy atom. The van der Waals surface area contributed by atoms with E-state index >= 15 is 0 Å². The highest BCUT2D eigenvalue weighted by molar-refractivity contribution is 4.97. The van der Waals surface area contributed by atoms with Gasteiger partial charge in [0.15, 0.2) is 0 Å². The average Bonchev–Trinajstić information content (AvgIpc) is 2.56. The summed E-state index contributed by atoms with van der Waals surface area (Å²) in [5.74, 6) is 6.85. The monoisotopic (exact) mass is 165 g/mol. The van der Waals surface area contributed by atoms with Crippen LogP contribution >= 0.6 is 0 Å². The fraction of sp³-hybridized carbons (Fsp3) is 0.818. The first-order valence-electron chi connectivity index (χ1n) is 4.97. The number of hydrogen-bond donors (Lipinski definition) is 1. The van der Waals surface area contributed by atoms with Crippen molar-refractivity contribution in [3.8, 4) is 11.8 Å². The van der Waals surface area contributed by atoms with E-state index in [0.29, 0.717) is 6.04 Å². The smallest absolute Gasteiger partial charge is 0.0578 e. The van der Waals surface area contributed by atoms with Gasteiger partial charge in [0.25, 0.3) is 0 Å². The van der Waals surface area contributed by atoms with Crippen molar-refractivity contribution in [1.29, 1.82) is 0 Å². The molecule has 0 saturated heterocycles. The molecule has 0 bridgehead atoms. The van der Waals surface area contributed by atoms with Gasteiger partial charge in [0, 0.05) is 6.04 Å². The largest absolute Gasteiger partial charge is 0.303 e. The Morgan fingerprint density at radius 1 is 1.42 bits per heavy atom. The molecule has 1 aliphatic carbocycles. The van der Waals surface area contributed by atoms with Gasteiger partial charge in [-0.3, -0.25) is 0 Å². The molecule has 12 heavy (non-hydrogen) atoms. The molecule has 1 N–H and O–H groups in total. The maximum atomic E-state index is 3.45. The van der Waals surface area contributed by atoms with Crippen LogP contribution in [0.4, 0.5) is 0 Å². The first-order valence-corrected chi connectivity index (χ1v) is 4.97. The highest BCUT2D eigenvalue weighted by Gasteiger charge is 2.20. The molecule has 1 atom stereocenters. The van der Waals surface area contributed by atoms with Gasteiger partial charge in [-0.05, 0) is 32.6 Å². The normalized spacial score (nSPS) is 20.2. The SMILES string of the molecule is CC#CCNC(C)C1CCCC1. The van der Waals surface area contributed by atoms with Crippen LogP contribution in [0.3, 0.4) is 0 Å². The van der Waals surface area contributed by atoms with Crippen molar-refractivity contribution in [3.05, 3.63) is 0 Å². The quantitative estimate of drug-likeness (QED) is 0.632. The standard InChI is InChI=1S/C11H19N/c1-3-4-9-12-10(2)11-7-5-6-8-11/h10-12H,5-9H2,1-2H3. The van der Waals surface area contributed by atoms with Crippen molar-refractivity contribution in [2.75, 3.05) is 6.54 Å². The lowest BCUT2D eigenvalue weighted by atomic mass is 10.00. The maximum absolute atomic E-state index is 3.45. The molecular formula is C11H19N. The van der Waals surface area contributed by atoms with Gasteiger partial charge in [-0.2, -0.15) is 0 Å². The number of rotatable bonds is 3. The molecule has 0 aromatic carbocycles. The van der Waals surface area contributed by atoms with E-state index < -0.39 is 0 Å². The van der Waals surface area contributed by atoms with Gasteiger partial charge in [0.1, 0.15) is 0 Å². The predicted molar refractivity (Wildman–Crippen MR) is 52.9 cm³/mol. The molecule has 68 valence electrons. The van der Waals surface area contributed by atoms with Crippen LogP contribution in [0.2, 0.25) is 0 Å². The summed E-state index contributed by atoms with van der Waals surface area (Å²) in [6.45, 7) is 5.03. The lowest BCUT2D eigenvalue weighted by Gasteiger charge is -2.18. The van der Waals surface area contributed by atoms with Gasteiger partial charge in [-0.15, -0.1) is 5.92 Å². The van der Waals surface area contributed by atoms with Crippen molar-refractivity contribution in [2.24, 2.45) is 5.92 Å². The van der Waals surface area contributed by atoms with Gasteiger partial charge < -0.3 is 5.32 Å². The van der Waals surface area contributed by atoms with E-state index in [1.54, 1.807) is 0 Å². The summed E-state index contributed by atoms with van der Waals surface area (Å²) < 4.78 is 0. The molecule has 0 aromatic heterocycles. The molecule has 0 radical (unpaired) electrons. The minimum Gasteiger partial charge on any atom is -0.303 e. The topological polar surface area (TPSA) is 12.0 Å². The second kappa shape index (κ2) is 5.22. The molecule has 1 rings (SSSR count). The third kappa shape index (κ3) is 2.87. The van der Waals surface area contributed by atoms with Crippen LogP contribution in [0, 0.1) is 17.8 Å². The van der Waals surface area contributed by atoms with Crippen LogP contribution in [0.1, 0.15) is 39.5 Å². The zero-order valence-corrected chi connectivity index (χ0v) is 8.19. The second-order valence-corrected chi connectivity index (χ2v) is 3.64. The fourth-order valence-corrected chi connectivity index (χ4v) is 1.92. The summed E-state index contributed by atoms with van der Waals surface area (Å²) >= 11 is 0. The Kier molecular flexibility index (Phi) is 4.18. The van der Waals surface area contributed by atoms with Gasteiger partial charge in [-0.25, -0.2) is 0 Å². The van der Waals surface area contributed by atoms with Crippen molar-refractivity contribution >= 4 is 0 Å². The van der Waals surface area contributed by atoms with E-state index in [1.165, 1.54) is 25.7 Å². The van der Waals surface area contributed by atoms with E-state index in [2.05, 4.69) is 24.1 Å². The van der Waals surface area contributed by atoms with Crippen LogP contribution in [0.25, 0.3) is 0 Å². The van der Waals surface area contributed by atoms with Crippen molar-refractivity contribution in [3.63, 3.8) is 0 Å². The molecule has 0 spiro atoms. The van der Waals surface area contributed by atoms with Crippen LogP contribution in [-0.4, -0.2) is 12.6 Å². The fourth-order valence-electron chi connectivity index (χ4n) is 1.92. The summed E-state index contributed by atoms with van der Waals surface area (Å²) in [5.41, 5.74) is 0. The number of nitrogens with one attached hydrogen (secondary N) is 1. The van der Waals surface area contributed by atoms with E-state index in [9.17, 15) is 0 Å². The van der Waals surface area contributed by atoms with E-state index in [4.69, 9.17) is 0 Å². The molecule has 0 heterocycles. The molecular weight excluding hydrogens is 146 g/mol. The lowest BCUT2D eigenvalue weighted by Crippen LogP contribution is -2.32. The Labute approximate surface area is 75.9 Å². The Morgan fingerprint density at radius 2 is 2.08 bits per heavy atom. The van der Waals surface area contributed by atoms with E-state index in [1.807, 2.05) is 6.92 Å². The highest BCUT2D eigenvalue weighted by Crippen LogP contribution is 2.27. The van der Waals surface area contributed by atoms with Crippen LogP contribution in [0.15, 0.2) is 0 Å². The zero-order valence-electron chi connectivity index (χ0n) is 8.19. The minimum atomic E-state index is 0.661. The van der Waals surface area contributed by atoms with E-state index in [-0.39, 0.29) is 0 Å². The van der Waals surface area contributed by atoms with E-state index in [0.717, 1.165) is 12.5 Å². The summed E-state index contributed by atoms with van der Waals surface area (Å²) in [4.78, 5) is 0. The Hall–Kier alpha value is -0.480. The molecule has 1 nitrogen and oxygen atoms in total. The van der Waals surface area contributed by atoms with Crippen LogP contribution < -0.4 is 5.32 Å². The molecule has 0 aliphatic heterocycles. The summed E-state index contributed by atoms with van der Waals surface area (Å²) in [5, 5.41) is 3.45. The molecule has 1 saturated carbocycles. The molecule has 1 aliphatic rings. The van der Waals surface area contributed by atoms with Crippen LogP contribution in [0.5, 0.6) is 0 Å². The van der Waals surface area contributed by atoms with Crippen molar-refractivity contribution < 1.29 is 0 Å². The Bertz CT molecular complexity index is 169. The van der Waals surface area contributed by atoms with Gasteiger partial charge >= 0.3 is 0 Å².